The standard InChI is InChI=1S/C24H17FN4O/c25-18-12-10-17(11-13-18)24(30)29-23-20(14-26)22(19-8-4-5-9-21(19)28-23)27-15-16-6-2-1-3-7-16/h1-13H,15H2,(H2,27,28,29,30). The molecule has 0 radical (unpaired) electrons. The van der Waals surface area contributed by atoms with E-state index in [1.54, 1.807) is 0 Å². The van der Waals surface area contributed by atoms with Crippen molar-refractivity contribution in [2.45, 2.75) is 6.54 Å². The fourth-order valence-electron chi connectivity index (χ4n) is 3.16. The Morgan fingerprint density at radius 3 is 2.40 bits per heavy atom. The number of halogens is 1. The van der Waals surface area contributed by atoms with E-state index in [0.717, 1.165) is 10.9 Å². The van der Waals surface area contributed by atoms with Gasteiger partial charge in [-0.05, 0) is 35.9 Å². The number of para-hydroxylation sites is 1. The lowest BCUT2D eigenvalue weighted by molar-refractivity contribution is 0.102. The van der Waals surface area contributed by atoms with Crippen LogP contribution in [0.15, 0.2) is 78.9 Å². The zero-order valence-electron chi connectivity index (χ0n) is 15.9. The highest BCUT2D eigenvalue weighted by Gasteiger charge is 2.17. The highest BCUT2D eigenvalue weighted by atomic mass is 19.1. The Morgan fingerprint density at radius 2 is 1.67 bits per heavy atom. The van der Waals surface area contributed by atoms with Crippen molar-refractivity contribution in [2.75, 3.05) is 10.6 Å². The largest absolute Gasteiger partial charge is 0.379 e. The van der Waals surface area contributed by atoms with E-state index in [2.05, 4.69) is 21.7 Å². The van der Waals surface area contributed by atoms with Gasteiger partial charge in [-0.25, -0.2) is 9.37 Å². The lowest BCUT2D eigenvalue weighted by atomic mass is 10.1. The predicted octanol–water partition coefficient (Wildman–Crippen LogP) is 5.11. The Bertz CT molecular complexity index is 1250. The van der Waals surface area contributed by atoms with E-state index in [4.69, 9.17) is 0 Å². The average Bonchev–Trinajstić information content (AvgIpc) is 2.78. The summed E-state index contributed by atoms with van der Waals surface area (Å²) in [5, 5.41) is 16.6. The third kappa shape index (κ3) is 3.96. The first-order valence-electron chi connectivity index (χ1n) is 9.33. The van der Waals surface area contributed by atoms with Gasteiger partial charge in [-0.15, -0.1) is 0 Å². The molecular formula is C24H17FN4O. The van der Waals surface area contributed by atoms with Gasteiger partial charge < -0.3 is 10.6 Å². The van der Waals surface area contributed by atoms with E-state index in [9.17, 15) is 14.4 Å². The van der Waals surface area contributed by atoms with Crippen LogP contribution in [0, 0.1) is 17.1 Å². The van der Waals surface area contributed by atoms with Crippen LogP contribution in [0.25, 0.3) is 10.9 Å². The van der Waals surface area contributed by atoms with Crippen LogP contribution in [-0.2, 0) is 6.54 Å². The molecule has 4 rings (SSSR count). The summed E-state index contributed by atoms with van der Waals surface area (Å²) in [7, 11) is 0. The summed E-state index contributed by atoms with van der Waals surface area (Å²) in [6, 6.07) is 24.5. The molecule has 3 aromatic carbocycles. The van der Waals surface area contributed by atoms with Crippen molar-refractivity contribution in [3.05, 3.63) is 101 Å². The van der Waals surface area contributed by atoms with Crippen molar-refractivity contribution in [2.24, 2.45) is 0 Å². The smallest absolute Gasteiger partial charge is 0.256 e. The molecule has 0 aliphatic carbocycles. The van der Waals surface area contributed by atoms with Crippen LogP contribution in [0.5, 0.6) is 0 Å². The SMILES string of the molecule is N#Cc1c(NC(=O)c2ccc(F)cc2)nc2ccccc2c1NCc1ccccc1. The molecule has 1 heterocycles. The topological polar surface area (TPSA) is 77.8 Å². The molecule has 2 N–H and O–H groups in total. The van der Waals surface area contributed by atoms with Gasteiger partial charge >= 0.3 is 0 Å². The molecule has 5 nitrogen and oxygen atoms in total. The number of nitrogens with zero attached hydrogens (tertiary/aromatic N) is 2. The number of nitrogens with one attached hydrogen (secondary N) is 2. The van der Waals surface area contributed by atoms with Crippen LogP contribution in [0.2, 0.25) is 0 Å². The number of amides is 1. The number of anilines is 2. The van der Waals surface area contributed by atoms with Crippen LogP contribution in [0.4, 0.5) is 15.9 Å². The molecule has 1 aromatic heterocycles. The second-order valence-corrected chi connectivity index (χ2v) is 6.64. The average molecular weight is 396 g/mol. The van der Waals surface area contributed by atoms with Crippen LogP contribution >= 0.6 is 0 Å². The number of nitriles is 1. The molecule has 0 saturated carbocycles. The minimum atomic E-state index is -0.469. The summed E-state index contributed by atoms with van der Waals surface area (Å²) >= 11 is 0. The van der Waals surface area contributed by atoms with E-state index >= 15 is 0 Å². The molecule has 146 valence electrons. The summed E-state index contributed by atoms with van der Waals surface area (Å²) in [6.07, 6.45) is 0. The van der Waals surface area contributed by atoms with Gasteiger partial charge in [0, 0.05) is 17.5 Å². The zero-order valence-corrected chi connectivity index (χ0v) is 15.9. The molecule has 0 saturated heterocycles. The van der Waals surface area contributed by atoms with Crippen LogP contribution in [0.3, 0.4) is 0 Å². The number of hydrogen-bond acceptors (Lipinski definition) is 4. The van der Waals surface area contributed by atoms with Gasteiger partial charge in [0.25, 0.3) is 5.91 Å². The number of fused-ring (bicyclic) bond motifs is 1. The third-order valence-electron chi connectivity index (χ3n) is 4.65. The summed E-state index contributed by atoms with van der Waals surface area (Å²) in [5.74, 6) is -0.745. The van der Waals surface area contributed by atoms with E-state index in [-0.39, 0.29) is 16.9 Å². The number of carbonyl (C=O) groups is 1. The molecule has 0 bridgehead atoms. The van der Waals surface area contributed by atoms with Crippen molar-refractivity contribution in [1.82, 2.24) is 4.98 Å². The summed E-state index contributed by atoms with van der Waals surface area (Å²) in [5.41, 5.74) is 2.80. The third-order valence-corrected chi connectivity index (χ3v) is 4.65. The lowest BCUT2D eigenvalue weighted by Crippen LogP contribution is -2.15. The molecule has 1 amide bonds. The maximum absolute atomic E-state index is 13.2. The molecule has 0 spiro atoms. The molecule has 0 unspecified atom stereocenters. The molecule has 6 heteroatoms. The Balaban J connectivity index is 1.73. The van der Waals surface area contributed by atoms with Gasteiger partial charge in [0.2, 0.25) is 0 Å². The maximum Gasteiger partial charge on any atom is 0.256 e. The fourth-order valence-corrected chi connectivity index (χ4v) is 3.16. The predicted molar refractivity (Wildman–Crippen MR) is 115 cm³/mol. The second kappa shape index (κ2) is 8.41. The first-order chi connectivity index (χ1) is 14.7. The minimum Gasteiger partial charge on any atom is -0.379 e. The summed E-state index contributed by atoms with van der Waals surface area (Å²) in [4.78, 5) is 17.1. The molecule has 30 heavy (non-hydrogen) atoms. The van der Waals surface area contributed by atoms with Gasteiger partial charge in [0.05, 0.1) is 11.2 Å². The van der Waals surface area contributed by atoms with Crippen molar-refractivity contribution in [3.8, 4) is 6.07 Å². The fraction of sp³-hybridized carbons (Fsp3) is 0.0417. The number of carbonyl (C=O) groups excluding carboxylic acids is 1. The monoisotopic (exact) mass is 396 g/mol. The van der Waals surface area contributed by atoms with Gasteiger partial charge in [-0.3, -0.25) is 4.79 Å². The number of rotatable bonds is 5. The quantitative estimate of drug-likeness (QED) is 0.491. The van der Waals surface area contributed by atoms with Gasteiger partial charge in [-0.2, -0.15) is 5.26 Å². The minimum absolute atomic E-state index is 0.154. The molecule has 0 fully saturated rings. The Kier molecular flexibility index (Phi) is 5.35. The normalized spacial score (nSPS) is 10.4. The highest BCUT2D eigenvalue weighted by molar-refractivity contribution is 6.06. The molecular weight excluding hydrogens is 379 g/mol. The lowest BCUT2D eigenvalue weighted by Gasteiger charge is -2.15. The Hall–Kier alpha value is -4.24. The number of aromatic nitrogens is 1. The van der Waals surface area contributed by atoms with E-state index in [0.29, 0.717) is 17.7 Å². The Labute approximate surface area is 172 Å². The first-order valence-corrected chi connectivity index (χ1v) is 9.33. The van der Waals surface area contributed by atoms with Gasteiger partial charge in [0.1, 0.15) is 17.4 Å². The van der Waals surface area contributed by atoms with Crippen molar-refractivity contribution >= 4 is 28.3 Å². The molecule has 0 atom stereocenters. The Morgan fingerprint density at radius 1 is 0.967 bits per heavy atom. The maximum atomic E-state index is 13.2. The molecule has 0 aliphatic heterocycles. The van der Waals surface area contributed by atoms with Crippen molar-refractivity contribution in [3.63, 3.8) is 0 Å². The van der Waals surface area contributed by atoms with Crippen molar-refractivity contribution < 1.29 is 9.18 Å². The number of pyridine rings is 1. The number of hydrogen-bond donors (Lipinski definition) is 2. The summed E-state index contributed by atoms with van der Waals surface area (Å²) < 4.78 is 13.2. The van der Waals surface area contributed by atoms with E-state index < -0.39 is 11.7 Å². The van der Waals surface area contributed by atoms with E-state index in [1.807, 2.05) is 54.6 Å². The molecule has 4 aromatic rings. The van der Waals surface area contributed by atoms with E-state index in [1.165, 1.54) is 24.3 Å². The van der Waals surface area contributed by atoms with Crippen LogP contribution < -0.4 is 10.6 Å². The first kappa shape index (κ1) is 19.1. The molecule has 0 aliphatic rings. The highest BCUT2D eigenvalue weighted by Crippen LogP contribution is 2.31. The van der Waals surface area contributed by atoms with Crippen LogP contribution in [0.1, 0.15) is 21.5 Å². The van der Waals surface area contributed by atoms with Gasteiger partial charge in [0.15, 0.2) is 5.82 Å². The summed E-state index contributed by atoms with van der Waals surface area (Å²) in [6.45, 7) is 0.509. The van der Waals surface area contributed by atoms with Crippen LogP contribution in [-0.4, -0.2) is 10.9 Å². The van der Waals surface area contributed by atoms with Crippen molar-refractivity contribution in [1.29, 1.82) is 5.26 Å². The number of benzene rings is 3. The zero-order chi connectivity index (χ0) is 20.9. The van der Waals surface area contributed by atoms with Gasteiger partial charge in [-0.1, -0.05) is 48.5 Å². The second-order valence-electron chi connectivity index (χ2n) is 6.64.